The Morgan fingerprint density at radius 2 is 2.24 bits per heavy atom. The summed E-state index contributed by atoms with van der Waals surface area (Å²) in [4.78, 5) is 4.37. The molecule has 2 heterocycles. The highest BCUT2D eigenvalue weighted by molar-refractivity contribution is 9.08. The van der Waals surface area contributed by atoms with E-state index in [4.69, 9.17) is 0 Å². The fourth-order valence-corrected chi connectivity index (χ4v) is 2.32. The number of rotatable bonds is 3. The van der Waals surface area contributed by atoms with Crippen LogP contribution in [-0.2, 0) is 15.2 Å². The molecule has 0 saturated heterocycles. The fraction of sp³-hybridized carbons (Fsp3) is 0.200. The molecule has 0 saturated carbocycles. The number of nitrogens with zero attached hydrogens (tertiary/aromatic N) is 3. The Kier molecular flexibility index (Phi) is 3.30. The van der Waals surface area contributed by atoms with Crippen molar-refractivity contribution in [1.82, 2.24) is 14.8 Å². The lowest BCUT2D eigenvalue weighted by molar-refractivity contribution is 0.602. The van der Waals surface area contributed by atoms with Crippen molar-refractivity contribution in [2.24, 2.45) is 0 Å². The third-order valence-corrected chi connectivity index (χ3v) is 3.89. The Bertz CT molecular complexity index is 637. The van der Waals surface area contributed by atoms with E-state index in [-0.39, 0.29) is 4.90 Å². The molecule has 0 aliphatic heterocycles. The van der Waals surface area contributed by atoms with Crippen molar-refractivity contribution < 1.29 is 8.42 Å². The third kappa shape index (κ3) is 2.55. The molecular weight excluding hydrogens is 306 g/mol. The maximum atomic E-state index is 11.3. The molecule has 0 atom stereocenters. The summed E-state index contributed by atoms with van der Waals surface area (Å²) in [7, 11) is -3.23. The van der Waals surface area contributed by atoms with Crippen LogP contribution in [0.15, 0.2) is 35.6 Å². The Balaban J connectivity index is 2.51. The summed E-state index contributed by atoms with van der Waals surface area (Å²) in [5, 5.41) is 4.64. The predicted molar refractivity (Wildman–Crippen MR) is 67.1 cm³/mol. The van der Waals surface area contributed by atoms with Crippen LogP contribution >= 0.6 is 15.9 Å². The smallest absolute Gasteiger partial charge is 0.178 e. The Morgan fingerprint density at radius 1 is 1.47 bits per heavy atom. The number of hydrogen-bond acceptors (Lipinski definition) is 4. The quantitative estimate of drug-likeness (QED) is 0.806. The van der Waals surface area contributed by atoms with Gasteiger partial charge in [-0.25, -0.2) is 18.1 Å². The van der Waals surface area contributed by atoms with Gasteiger partial charge in [-0.1, -0.05) is 22.0 Å². The molecule has 0 aromatic carbocycles. The summed E-state index contributed by atoms with van der Waals surface area (Å²) in [6.45, 7) is 0. The first-order valence-corrected chi connectivity index (χ1v) is 7.78. The fourth-order valence-electron chi connectivity index (χ4n) is 1.35. The molecule has 0 amide bonds. The second-order valence-corrected chi connectivity index (χ2v) is 6.09. The van der Waals surface area contributed by atoms with E-state index in [1.807, 2.05) is 12.1 Å². The van der Waals surface area contributed by atoms with Gasteiger partial charge in [0.05, 0.1) is 12.4 Å². The monoisotopic (exact) mass is 315 g/mol. The minimum absolute atomic E-state index is 0.184. The van der Waals surface area contributed by atoms with E-state index in [0.29, 0.717) is 11.1 Å². The average Bonchev–Trinajstić information content (AvgIpc) is 2.77. The average molecular weight is 316 g/mol. The Labute approximate surface area is 108 Å². The lowest BCUT2D eigenvalue weighted by atomic mass is 10.3. The second kappa shape index (κ2) is 4.58. The van der Waals surface area contributed by atoms with Gasteiger partial charge in [-0.15, -0.1) is 0 Å². The number of halogens is 1. The molecule has 0 aliphatic rings. The van der Waals surface area contributed by atoms with Crippen LogP contribution in [0.3, 0.4) is 0 Å². The molecule has 17 heavy (non-hydrogen) atoms. The summed E-state index contributed by atoms with van der Waals surface area (Å²) in [6.07, 6.45) is 5.58. The SMILES string of the molecule is CS(=O)(=O)c1cnn(-c2ncccc2CBr)c1. The van der Waals surface area contributed by atoms with Crippen molar-refractivity contribution >= 4 is 25.8 Å². The molecule has 2 aromatic rings. The van der Waals surface area contributed by atoms with Crippen molar-refractivity contribution in [3.8, 4) is 5.82 Å². The lowest BCUT2D eigenvalue weighted by Crippen LogP contribution is -2.02. The van der Waals surface area contributed by atoms with Gasteiger partial charge in [-0.05, 0) is 6.07 Å². The zero-order valence-electron chi connectivity index (χ0n) is 9.04. The minimum Gasteiger partial charge on any atom is -0.237 e. The van der Waals surface area contributed by atoms with Crippen molar-refractivity contribution in [2.75, 3.05) is 6.26 Å². The van der Waals surface area contributed by atoms with E-state index < -0.39 is 9.84 Å². The first-order chi connectivity index (χ1) is 8.02. The van der Waals surface area contributed by atoms with Crippen LogP contribution in [0.2, 0.25) is 0 Å². The molecule has 90 valence electrons. The van der Waals surface area contributed by atoms with Crippen LogP contribution in [0.5, 0.6) is 0 Å². The number of aromatic nitrogens is 3. The van der Waals surface area contributed by atoms with E-state index in [1.54, 1.807) is 6.20 Å². The highest BCUT2D eigenvalue weighted by Gasteiger charge is 2.12. The molecule has 2 aromatic heterocycles. The Hall–Kier alpha value is -1.21. The summed E-state index contributed by atoms with van der Waals surface area (Å²) < 4.78 is 24.2. The number of sulfone groups is 1. The molecule has 0 unspecified atom stereocenters. The van der Waals surface area contributed by atoms with Gasteiger partial charge in [0.2, 0.25) is 0 Å². The molecule has 5 nitrogen and oxygen atoms in total. The van der Waals surface area contributed by atoms with Gasteiger partial charge >= 0.3 is 0 Å². The highest BCUT2D eigenvalue weighted by Crippen LogP contribution is 2.16. The third-order valence-electron chi connectivity index (χ3n) is 2.22. The topological polar surface area (TPSA) is 64.8 Å². The summed E-state index contributed by atoms with van der Waals surface area (Å²) >= 11 is 3.35. The van der Waals surface area contributed by atoms with Crippen LogP contribution in [-0.4, -0.2) is 29.4 Å². The van der Waals surface area contributed by atoms with Gasteiger partial charge in [0, 0.05) is 23.3 Å². The first-order valence-electron chi connectivity index (χ1n) is 4.77. The van der Waals surface area contributed by atoms with Gasteiger partial charge in [0.1, 0.15) is 4.90 Å². The maximum Gasteiger partial charge on any atom is 0.178 e. The zero-order valence-corrected chi connectivity index (χ0v) is 11.4. The van der Waals surface area contributed by atoms with Crippen molar-refractivity contribution in [3.63, 3.8) is 0 Å². The molecule has 0 aliphatic carbocycles. The van der Waals surface area contributed by atoms with Crippen LogP contribution in [0, 0.1) is 0 Å². The normalized spacial score (nSPS) is 11.6. The van der Waals surface area contributed by atoms with Crippen LogP contribution in [0.25, 0.3) is 5.82 Å². The van der Waals surface area contributed by atoms with Crippen molar-refractivity contribution in [2.45, 2.75) is 10.2 Å². The van der Waals surface area contributed by atoms with E-state index in [1.165, 1.54) is 17.1 Å². The van der Waals surface area contributed by atoms with Gasteiger partial charge in [0.25, 0.3) is 0 Å². The Morgan fingerprint density at radius 3 is 2.82 bits per heavy atom. The molecular formula is C10H10BrN3O2S. The molecule has 0 radical (unpaired) electrons. The minimum atomic E-state index is -3.23. The van der Waals surface area contributed by atoms with E-state index in [0.717, 1.165) is 11.8 Å². The van der Waals surface area contributed by atoms with Gasteiger partial charge in [-0.3, -0.25) is 0 Å². The molecule has 0 fully saturated rings. The molecule has 0 bridgehead atoms. The predicted octanol–water partition coefficient (Wildman–Crippen LogP) is 1.57. The van der Waals surface area contributed by atoms with Crippen molar-refractivity contribution in [3.05, 3.63) is 36.3 Å². The maximum absolute atomic E-state index is 11.3. The highest BCUT2D eigenvalue weighted by atomic mass is 79.9. The molecule has 0 N–H and O–H groups in total. The van der Waals surface area contributed by atoms with Crippen LogP contribution < -0.4 is 0 Å². The van der Waals surface area contributed by atoms with E-state index in [9.17, 15) is 8.42 Å². The molecule has 0 spiro atoms. The summed E-state index contributed by atoms with van der Waals surface area (Å²) in [5.74, 6) is 0.624. The summed E-state index contributed by atoms with van der Waals surface area (Å²) in [6, 6.07) is 3.72. The largest absolute Gasteiger partial charge is 0.237 e. The standard InChI is InChI=1S/C10H10BrN3O2S/c1-17(15,16)9-6-13-14(7-9)10-8(5-11)3-2-4-12-10/h2-4,6-7H,5H2,1H3. The number of alkyl halides is 1. The van der Waals surface area contributed by atoms with Gasteiger partial charge in [-0.2, -0.15) is 5.10 Å². The van der Waals surface area contributed by atoms with Gasteiger partial charge in [0.15, 0.2) is 15.7 Å². The zero-order chi connectivity index (χ0) is 12.5. The number of hydrogen-bond donors (Lipinski definition) is 0. The van der Waals surface area contributed by atoms with Crippen LogP contribution in [0.4, 0.5) is 0 Å². The van der Waals surface area contributed by atoms with Crippen LogP contribution in [0.1, 0.15) is 5.56 Å². The van der Waals surface area contributed by atoms with E-state index in [2.05, 4.69) is 26.0 Å². The second-order valence-electron chi connectivity index (χ2n) is 3.51. The summed E-state index contributed by atoms with van der Waals surface area (Å²) in [5.41, 5.74) is 0.940. The van der Waals surface area contributed by atoms with Gasteiger partial charge < -0.3 is 0 Å². The molecule has 2 rings (SSSR count). The lowest BCUT2D eigenvalue weighted by Gasteiger charge is -2.04. The number of pyridine rings is 1. The van der Waals surface area contributed by atoms with Crippen molar-refractivity contribution in [1.29, 1.82) is 0 Å². The van der Waals surface area contributed by atoms with E-state index >= 15 is 0 Å². The molecule has 7 heteroatoms. The first kappa shape index (κ1) is 12.3.